The maximum absolute atomic E-state index is 3.58. The van der Waals surface area contributed by atoms with Crippen LogP contribution in [0, 0.1) is 6.92 Å². The molecule has 0 saturated heterocycles. The molecule has 1 nitrogen and oxygen atoms in total. The Kier molecular flexibility index (Phi) is 6.14. The molecule has 0 aliphatic rings. The molecule has 2 aromatic carbocycles. The van der Waals surface area contributed by atoms with E-state index in [-0.39, 0.29) is 0 Å². The van der Waals surface area contributed by atoms with Crippen LogP contribution in [0.25, 0.3) is 0 Å². The van der Waals surface area contributed by atoms with Crippen LogP contribution in [-0.4, -0.2) is 12.3 Å². The average Bonchev–Trinajstić information content (AvgIpc) is 2.45. The van der Waals surface area contributed by atoms with Crippen molar-refractivity contribution in [3.8, 4) is 0 Å². The van der Waals surface area contributed by atoms with Gasteiger partial charge in [0.15, 0.2) is 0 Å². The summed E-state index contributed by atoms with van der Waals surface area (Å²) in [6.45, 7) is 5.29. The predicted molar refractivity (Wildman–Crippen MR) is 92.5 cm³/mol. The van der Waals surface area contributed by atoms with Gasteiger partial charge in [0.2, 0.25) is 0 Å². The fraction of sp³-hybridized carbons (Fsp3) is 0.294. The SMILES string of the molecule is CCNC(CSc1ccc(Br)cc1)c1cccc(C)c1. The molecule has 1 N–H and O–H groups in total. The van der Waals surface area contributed by atoms with E-state index in [0.29, 0.717) is 6.04 Å². The molecule has 1 unspecified atom stereocenters. The lowest BCUT2D eigenvalue weighted by molar-refractivity contribution is 0.605. The Bertz CT molecular complexity index is 539. The minimum absolute atomic E-state index is 0.397. The fourth-order valence-electron chi connectivity index (χ4n) is 2.12. The largest absolute Gasteiger partial charge is 0.309 e. The number of nitrogens with one attached hydrogen (secondary N) is 1. The third kappa shape index (κ3) is 4.65. The van der Waals surface area contributed by atoms with Gasteiger partial charge in [0.1, 0.15) is 0 Å². The van der Waals surface area contributed by atoms with Gasteiger partial charge < -0.3 is 5.32 Å². The molecule has 0 radical (unpaired) electrons. The number of benzene rings is 2. The summed E-state index contributed by atoms with van der Waals surface area (Å²) in [4.78, 5) is 1.31. The van der Waals surface area contributed by atoms with Crippen LogP contribution in [0.1, 0.15) is 24.1 Å². The summed E-state index contributed by atoms with van der Waals surface area (Å²) >= 11 is 5.37. The van der Waals surface area contributed by atoms with E-state index in [1.165, 1.54) is 16.0 Å². The summed E-state index contributed by atoms with van der Waals surface area (Å²) in [7, 11) is 0. The van der Waals surface area contributed by atoms with Crippen LogP contribution in [-0.2, 0) is 0 Å². The van der Waals surface area contributed by atoms with Crippen LogP contribution in [0.4, 0.5) is 0 Å². The number of rotatable bonds is 6. The highest BCUT2D eigenvalue weighted by Gasteiger charge is 2.10. The molecule has 2 aromatic rings. The Morgan fingerprint density at radius 1 is 1.15 bits per heavy atom. The predicted octanol–water partition coefficient (Wildman–Crippen LogP) is 5.20. The van der Waals surface area contributed by atoms with Crippen molar-refractivity contribution < 1.29 is 0 Å². The molecule has 2 rings (SSSR count). The van der Waals surface area contributed by atoms with Crippen LogP contribution in [0.2, 0.25) is 0 Å². The van der Waals surface area contributed by atoms with E-state index in [1.807, 2.05) is 11.8 Å². The lowest BCUT2D eigenvalue weighted by atomic mass is 10.1. The van der Waals surface area contributed by atoms with Gasteiger partial charge in [-0.1, -0.05) is 52.7 Å². The van der Waals surface area contributed by atoms with Gasteiger partial charge in [0.25, 0.3) is 0 Å². The van der Waals surface area contributed by atoms with Gasteiger partial charge in [-0.3, -0.25) is 0 Å². The van der Waals surface area contributed by atoms with Gasteiger partial charge in [-0.2, -0.15) is 0 Å². The van der Waals surface area contributed by atoms with Crippen molar-refractivity contribution in [2.45, 2.75) is 24.8 Å². The molecule has 0 heterocycles. The zero-order valence-corrected chi connectivity index (χ0v) is 14.3. The van der Waals surface area contributed by atoms with E-state index in [9.17, 15) is 0 Å². The molecule has 0 saturated carbocycles. The molecule has 1 atom stereocenters. The van der Waals surface area contributed by atoms with Gasteiger partial charge in [-0.15, -0.1) is 11.8 Å². The third-order valence-corrected chi connectivity index (χ3v) is 4.76. The van der Waals surface area contributed by atoms with Crippen LogP contribution in [0.5, 0.6) is 0 Å². The van der Waals surface area contributed by atoms with E-state index < -0.39 is 0 Å². The van der Waals surface area contributed by atoms with Crippen LogP contribution in [0.15, 0.2) is 57.9 Å². The van der Waals surface area contributed by atoms with Crippen LogP contribution < -0.4 is 5.32 Å². The summed E-state index contributed by atoms with van der Waals surface area (Å²) in [5.41, 5.74) is 2.69. The molecule has 0 aliphatic carbocycles. The zero-order chi connectivity index (χ0) is 14.4. The first-order valence-corrected chi connectivity index (χ1v) is 8.65. The number of thioether (sulfide) groups is 1. The highest BCUT2D eigenvalue weighted by molar-refractivity contribution is 9.10. The summed E-state index contributed by atoms with van der Waals surface area (Å²) < 4.78 is 1.13. The summed E-state index contributed by atoms with van der Waals surface area (Å²) in [6.07, 6.45) is 0. The Morgan fingerprint density at radius 2 is 1.90 bits per heavy atom. The second-order valence-electron chi connectivity index (χ2n) is 4.79. The Labute approximate surface area is 134 Å². The molecular formula is C17H20BrNS. The van der Waals surface area contributed by atoms with Crippen molar-refractivity contribution in [1.29, 1.82) is 0 Å². The molecule has 20 heavy (non-hydrogen) atoms. The number of halogens is 1. The number of hydrogen-bond donors (Lipinski definition) is 1. The molecular weight excluding hydrogens is 330 g/mol. The highest BCUT2D eigenvalue weighted by atomic mass is 79.9. The van der Waals surface area contributed by atoms with Crippen LogP contribution in [0.3, 0.4) is 0 Å². The van der Waals surface area contributed by atoms with Crippen molar-refractivity contribution in [2.75, 3.05) is 12.3 Å². The number of aryl methyl sites for hydroxylation is 1. The van der Waals surface area contributed by atoms with Gasteiger partial charge in [-0.25, -0.2) is 0 Å². The maximum Gasteiger partial charge on any atom is 0.0415 e. The first-order valence-electron chi connectivity index (χ1n) is 6.87. The van der Waals surface area contributed by atoms with E-state index in [1.54, 1.807) is 0 Å². The summed E-state index contributed by atoms with van der Waals surface area (Å²) in [5.74, 6) is 1.04. The summed E-state index contributed by atoms with van der Waals surface area (Å²) in [5, 5.41) is 3.58. The zero-order valence-electron chi connectivity index (χ0n) is 11.9. The molecule has 3 heteroatoms. The first-order chi connectivity index (χ1) is 9.69. The number of hydrogen-bond acceptors (Lipinski definition) is 2. The van der Waals surface area contributed by atoms with Gasteiger partial charge in [0, 0.05) is 21.2 Å². The minimum atomic E-state index is 0.397. The Hall–Kier alpha value is -0.770. The molecule has 0 fully saturated rings. The van der Waals surface area contributed by atoms with E-state index in [4.69, 9.17) is 0 Å². The lowest BCUT2D eigenvalue weighted by Crippen LogP contribution is -2.23. The minimum Gasteiger partial charge on any atom is -0.309 e. The first kappa shape index (κ1) is 15.6. The van der Waals surface area contributed by atoms with Crippen molar-refractivity contribution in [1.82, 2.24) is 5.32 Å². The maximum atomic E-state index is 3.58. The van der Waals surface area contributed by atoms with Crippen molar-refractivity contribution in [2.24, 2.45) is 0 Å². The standard InChI is InChI=1S/C17H20BrNS/c1-3-19-17(14-6-4-5-13(2)11-14)12-20-16-9-7-15(18)8-10-16/h4-11,17,19H,3,12H2,1-2H3. The lowest BCUT2D eigenvalue weighted by Gasteiger charge is -2.18. The molecule has 0 spiro atoms. The topological polar surface area (TPSA) is 12.0 Å². The van der Waals surface area contributed by atoms with Crippen molar-refractivity contribution in [3.63, 3.8) is 0 Å². The second kappa shape index (κ2) is 7.87. The molecule has 0 amide bonds. The summed E-state index contributed by atoms with van der Waals surface area (Å²) in [6, 6.07) is 17.7. The van der Waals surface area contributed by atoms with Crippen molar-refractivity contribution in [3.05, 3.63) is 64.1 Å². The smallest absolute Gasteiger partial charge is 0.0415 e. The van der Waals surface area contributed by atoms with Gasteiger partial charge in [-0.05, 0) is 43.3 Å². The molecule has 106 valence electrons. The molecule has 0 aliphatic heterocycles. The Balaban J connectivity index is 2.04. The van der Waals surface area contributed by atoms with Gasteiger partial charge >= 0.3 is 0 Å². The van der Waals surface area contributed by atoms with Crippen LogP contribution >= 0.6 is 27.7 Å². The molecule has 0 bridgehead atoms. The van der Waals surface area contributed by atoms with E-state index in [0.717, 1.165) is 16.8 Å². The normalized spacial score (nSPS) is 12.3. The van der Waals surface area contributed by atoms with E-state index >= 15 is 0 Å². The van der Waals surface area contributed by atoms with Gasteiger partial charge in [0.05, 0.1) is 0 Å². The fourth-order valence-corrected chi connectivity index (χ4v) is 3.38. The van der Waals surface area contributed by atoms with Crippen molar-refractivity contribution >= 4 is 27.7 Å². The monoisotopic (exact) mass is 349 g/mol. The second-order valence-corrected chi connectivity index (χ2v) is 6.80. The van der Waals surface area contributed by atoms with E-state index in [2.05, 4.69) is 83.6 Å². The highest BCUT2D eigenvalue weighted by Crippen LogP contribution is 2.26. The third-order valence-electron chi connectivity index (χ3n) is 3.13. The Morgan fingerprint density at radius 3 is 2.55 bits per heavy atom. The average molecular weight is 350 g/mol. The quantitative estimate of drug-likeness (QED) is 0.719. The molecule has 0 aromatic heterocycles.